The summed E-state index contributed by atoms with van der Waals surface area (Å²) in [6.07, 6.45) is 26.9. The molecule has 0 aromatic carbocycles. The highest BCUT2D eigenvalue weighted by molar-refractivity contribution is 5.76. The van der Waals surface area contributed by atoms with Gasteiger partial charge in [0.15, 0.2) is 0 Å². The molecule has 296 valence electrons. The minimum atomic E-state index is -0.666. The molecule has 0 aliphatic carbocycles. The van der Waals surface area contributed by atoms with Crippen LogP contribution in [-0.2, 0) is 19.1 Å². The van der Waals surface area contributed by atoms with Crippen molar-refractivity contribution in [3.05, 3.63) is 24.3 Å². The fraction of sp³-hybridized carbons (Fsp3) is 0.857. The number of esters is 2. The van der Waals surface area contributed by atoms with Crippen molar-refractivity contribution in [2.45, 2.75) is 207 Å². The molecule has 0 spiro atoms. The van der Waals surface area contributed by atoms with E-state index >= 15 is 0 Å². The Balaban J connectivity index is 0. The van der Waals surface area contributed by atoms with Gasteiger partial charge in [0.05, 0.1) is 49.5 Å². The van der Waals surface area contributed by atoms with Crippen molar-refractivity contribution in [1.29, 1.82) is 0 Å². The molecule has 0 radical (unpaired) electrons. The van der Waals surface area contributed by atoms with E-state index in [1.165, 1.54) is 33.5 Å². The second-order valence-electron chi connectivity index (χ2n) is 15.3. The Hall–Kier alpha value is -1.74. The van der Waals surface area contributed by atoms with Gasteiger partial charge in [-0.05, 0) is 91.9 Å². The highest BCUT2D eigenvalue weighted by atomic mass is 16.5. The summed E-state index contributed by atoms with van der Waals surface area (Å²) in [4.78, 5) is 23.2. The third-order valence-electron chi connectivity index (χ3n) is 9.50. The monoisotopic (exact) mass is 713 g/mol. The molecule has 4 atom stereocenters. The Morgan fingerprint density at radius 3 is 1.24 bits per heavy atom. The van der Waals surface area contributed by atoms with E-state index < -0.39 is 29.8 Å². The van der Waals surface area contributed by atoms with Crippen LogP contribution in [0.4, 0.5) is 0 Å². The predicted octanol–water partition coefficient (Wildman–Crippen LogP) is 9.55. The summed E-state index contributed by atoms with van der Waals surface area (Å²) in [5.41, 5.74) is -0.809. The van der Waals surface area contributed by atoms with Crippen molar-refractivity contribution >= 4 is 11.9 Å². The van der Waals surface area contributed by atoms with E-state index in [0.717, 1.165) is 96.3 Å². The van der Waals surface area contributed by atoms with Gasteiger partial charge in [0, 0.05) is 0 Å². The molecule has 50 heavy (non-hydrogen) atoms. The smallest absolute Gasteiger partial charge is 0.311 e. The van der Waals surface area contributed by atoms with Crippen LogP contribution in [-0.4, -0.2) is 71.0 Å². The molecule has 8 nitrogen and oxygen atoms in total. The van der Waals surface area contributed by atoms with Crippen LogP contribution < -0.4 is 0 Å². The van der Waals surface area contributed by atoms with Gasteiger partial charge in [-0.1, -0.05) is 115 Å². The Morgan fingerprint density at radius 1 is 0.500 bits per heavy atom. The molecule has 0 rings (SSSR count). The van der Waals surface area contributed by atoms with Crippen molar-refractivity contribution in [1.82, 2.24) is 0 Å². The van der Waals surface area contributed by atoms with Crippen molar-refractivity contribution in [3.8, 4) is 0 Å². The number of hydrogen-bond donors (Lipinski definition) is 4. The lowest BCUT2D eigenvalue weighted by Crippen LogP contribution is -2.25. The molecule has 4 N–H and O–H groups in total. The Bertz CT molecular complexity index is 866. The van der Waals surface area contributed by atoms with Gasteiger partial charge in [-0.3, -0.25) is 9.59 Å². The molecule has 0 aromatic heterocycles. The lowest BCUT2D eigenvalue weighted by molar-refractivity contribution is -0.151. The summed E-state index contributed by atoms with van der Waals surface area (Å²) < 4.78 is 9.62. The first-order valence-corrected chi connectivity index (χ1v) is 19.9. The maximum atomic E-state index is 11.6. The van der Waals surface area contributed by atoms with E-state index in [0.29, 0.717) is 25.7 Å². The van der Waals surface area contributed by atoms with Crippen LogP contribution in [0.2, 0.25) is 0 Å². The Kier molecular flexibility index (Phi) is 32.2. The normalized spacial score (nSPS) is 14.6. The zero-order valence-electron chi connectivity index (χ0n) is 33.6. The fourth-order valence-corrected chi connectivity index (χ4v) is 5.73. The van der Waals surface area contributed by atoms with Crippen LogP contribution in [0.1, 0.15) is 183 Å². The van der Waals surface area contributed by atoms with E-state index in [9.17, 15) is 30.0 Å². The predicted molar refractivity (Wildman–Crippen MR) is 207 cm³/mol. The number of ether oxygens (including phenoxy) is 2. The van der Waals surface area contributed by atoms with Gasteiger partial charge in [0.2, 0.25) is 0 Å². The minimum absolute atomic E-state index is 0.133. The highest BCUT2D eigenvalue weighted by Gasteiger charge is 2.28. The van der Waals surface area contributed by atoms with Gasteiger partial charge in [-0.2, -0.15) is 0 Å². The molecule has 0 aliphatic heterocycles. The van der Waals surface area contributed by atoms with Crippen LogP contribution in [0.3, 0.4) is 0 Å². The fourth-order valence-electron chi connectivity index (χ4n) is 5.73. The number of allylic oxidation sites excluding steroid dienone is 2. The molecule has 0 fully saturated rings. The number of rotatable bonds is 30. The van der Waals surface area contributed by atoms with Crippen LogP contribution in [0.25, 0.3) is 0 Å². The van der Waals surface area contributed by atoms with Crippen LogP contribution in [0, 0.1) is 10.8 Å². The molecule has 0 aromatic rings. The van der Waals surface area contributed by atoms with Crippen LogP contribution in [0.5, 0.6) is 0 Å². The number of unbranched alkanes of at least 4 members (excludes halogenated alkanes) is 12. The lowest BCUT2D eigenvalue weighted by Gasteiger charge is -2.21. The number of carbonyl (C=O) groups is 2. The minimum Gasteiger partial charge on any atom is -0.469 e. The second-order valence-corrected chi connectivity index (χ2v) is 15.3. The summed E-state index contributed by atoms with van der Waals surface area (Å²) in [5, 5.41) is 39.7. The van der Waals surface area contributed by atoms with Crippen LogP contribution >= 0.6 is 0 Å². The first-order valence-electron chi connectivity index (χ1n) is 19.9. The van der Waals surface area contributed by atoms with Crippen molar-refractivity contribution < 1.29 is 39.5 Å². The molecule has 0 heterocycles. The van der Waals surface area contributed by atoms with E-state index in [1.807, 2.05) is 39.8 Å². The number of hydrogen-bond acceptors (Lipinski definition) is 8. The van der Waals surface area contributed by atoms with E-state index in [2.05, 4.69) is 26.0 Å². The number of aliphatic hydroxyl groups excluding tert-OH is 4. The van der Waals surface area contributed by atoms with E-state index in [4.69, 9.17) is 9.47 Å². The lowest BCUT2D eigenvalue weighted by atomic mass is 9.87. The molecular formula is C42H80O8. The van der Waals surface area contributed by atoms with Gasteiger partial charge in [0.25, 0.3) is 0 Å². The number of aliphatic hydroxyl groups is 4. The van der Waals surface area contributed by atoms with Gasteiger partial charge >= 0.3 is 11.9 Å². The molecule has 0 saturated heterocycles. The third-order valence-corrected chi connectivity index (χ3v) is 9.50. The standard InChI is InChI=1S/2C21H40O4/c1-5-6-12-15-18(22)19(23)16-13-10-8-7-9-11-14-17-21(2,3)20(24)25-4;1-5-6-7-8-9-12-15-18(22)19(23)16-13-10-11-14-17-21(2,3)20(24)25-4/h10,13,18-19,22-23H,5-9,11-12,14-17H2,1-4H3;9,12,18-19,22-23H,5-8,10-11,13-17H2,1-4H3/b13-10-;12-9-. The highest BCUT2D eigenvalue weighted by Crippen LogP contribution is 2.26. The zero-order valence-corrected chi connectivity index (χ0v) is 33.6. The topological polar surface area (TPSA) is 134 Å². The first kappa shape index (κ1) is 50.4. The average Bonchev–Trinajstić information content (AvgIpc) is 3.09. The molecule has 8 heteroatoms. The zero-order chi connectivity index (χ0) is 38.3. The summed E-state index contributed by atoms with van der Waals surface area (Å²) >= 11 is 0. The SMILES string of the molecule is CCCCC/C=C\CC(O)C(O)CCCCCCC(C)(C)C(=O)OC.CCCCCC(O)C(O)C/C=C\CCCCCCC(C)(C)C(=O)OC. The van der Waals surface area contributed by atoms with Crippen molar-refractivity contribution in [2.75, 3.05) is 14.2 Å². The summed E-state index contributed by atoms with van der Waals surface area (Å²) in [5.74, 6) is -0.292. The summed E-state index contributed by atoms with van der Waals surface area (Å²) in [6, 6.07) is 0. The van der Waals surface area contributed by atoms with Gasteiger partial charge < -0.3 is 29.9 Å². The third kappa shape index (κ3) is 27.9. The Labute approximate surface area is 307 Å². The van der Waals surface area contributed by atoms with Crippen LogP contribution in [0.15, 0.2) is 24.3 Å². The second kappa shape index (κ2) is 32.0. The van der Waals surface area contributed by atoms with Gasteiger partial charge in [-0.15, -0.1) is 0 Å². The average molecular weight is 713 g/mol. The molecular weight excluding hydrogens is 632 g/mol. The maximum Gasteiger partial charge on any atom is 0.311 e. The molecule has 0 bridgehead atoms. The molecule has 4 unspecified atom stereocenters. The molecule has 0 amide bonds. The summed E-state index contributed by atoms with van der Waals surface area (Å²) in [7, 11) is 2.87. The maximum absolute atomic E-state index is 11.6. The van der Waals surface area contributed by atoms with E-state index in [1.54, 1.807) is 0 Å². The van der Waals surface area contributed by atoms with Crippen molar-refractivity contribution in [2.24, 2.45) is 10.8 Å². The largest absolute Gasteiger partial charge is 0.469 e. The van der Waals surface area contributed by atoms with E-state index in [-0.39, 0.29) is 17.4 Å². The quantitative estimate of drug-likeness (QED) is 0.0329. The van der Waals surface area contributed by atoms with Gasteiger partial charge in [-0.25, -0.2) is 0 Å². The van der Waals surface area contributed by atoms with Gasteiger partial charge in [0.1, 0.15) is 0 Å². The number of carbonyl (C=O) groups excluding carboxylic acids is 2. The number of methoxy groups -OCH3 is 2. The first-order chi connectivity index (χ1) is 23.7. The molecule has 0 aliphatic rings. The summed E-state index contributed by atoms with van der Waals surface area (Å²) in [6.45, 7) is 12.0. The Morgan fingerprint density at radius 2 is 0.840 bits per heavy atom. The van der Waals surface area contributed by atoms with Crippen molar-refractivity contribution in [3.63, 3.8) is 0 Å². The molecule has 0 saturated carbocycles.